The van der Waals surface area contributed by atoms with Gasteiger partial charge in [-0.1, -0.05) is 6.07 Å². The van der Waals surface area contributed by atoms with E-state index in [1.165, 1.54) is 12.1 Å². The van der Waals surface area contributed by atoms with E-state index in [0.717, 1.165) is 17.0 Å². The van der Waals surface area contributed by atoms with Crippen LogP contribution in [0.4, 0.5) is 14.5 Å². The van der Waals surface area contributed by atoms with Gasteiger partial charge in [0.25, 0.3) is 5.91 Å². The van der Waals surface area contributed by atoms with Crippen LogP contribution in [0, 0.1) is 20.8 Å². The zero-order valence-electron chi connectivity index (χ0n) is 15.1. The molecule has 0 bridgehead atoms. The number of furan rings is 1. The molecule has 0 aliphatic carbocycles. The number of benzene rings is 1. The quantitative estimate of drug-likeness (QED) is 0.697. The number of aryl methyl sites for hydroxylation is 3. The Morgan fingerprint density at radius 1 is 1.22 bits per heavy atom. The summed E-state index contributed by atoms with van der Waals surface area (Å²) in [4.78, 5) is 12.4. The Morgan fingerprint density at radius 2 is 2.00 bits per heavy atom. The number of carbonyl (C=O) groups excluding carboxylic acids is 1. The molecular weight excluding hydrogens is 356 g/mol. The van der Waals surface area contributed by atoms with Crippen molar-refractivity contribution in [2.24, 2.45) is 0 Å². The molecule has 0 saturated carbocycles. The molecule has 0 aliphatic heterocycles. The van der Waals surface area contributed by atoms with Crippen molar-refractivity contribution in [3.05, 3.63) is 64.9 Å². The lowest BCUT2D eigenvalue weighted by Gasteiger charge is -2.12. The molecule has 0 fully saturated rings. The number of aromatic nitrogens is 2. The summed E-state index contributed by atoms with van der Waals surface area (Å²) in [6, 6.07) is 9.70. The van der Waals surface area contributed by atoms with E-state index in [4.69, 9.17) is 4.42 Å². The highest BCUT2D eigenvalue weighted by Gasteiger charge is 2.16. The molecule has 0 spiro atoms. The normalized spacial score (nSPS) is 11.0. The Balaban J connectivity index is 1.75. The van der Waals surface area contributed by atoms with Crippen LogP contribution in [0.1, 0.15) is 33.3 Å². The van der Waals surface area contributed by atoms with Gasteiger partial charge in [0.2, 0.25) is 0 Å². The van der Waals surface area contributed by atoms with Crippen molar-refractivity contribution in [2.45, 2.75) is 33.9 Å². The Bertz CT molecular complexity index is 963. The van der Waals surface area contributed by atoms with E-state index in [1.54, 1.807) is 29.8 Å². The van der Waals surface area contributed by atoms with Gasteiger partial charge in [-0.2, -0.15) is 13.9 Å². The first-order valence-electron chi connectivity index (χ1n) is 8.28. The zero-order valence-corrected chi connectivity index (χ0v) is 15.1. The van der Waals surface area contributed by atoms with Crippen molar-refractivity contribution in [3.8, 4) is 5.75 Å². The maximum Gasteiger partial charge on any atom is 0.387 e. The van der Waals surface area contributed by atoms with Crippen molar-refractivity contribution < 1.29 is 22.7 Å². The minimum Gasteiger partial charge on any atom is -0.454 e. The standard InChI is InChI=1S/C19H19F2N3O3/c1-11-4-6-16(27-19(20)21)15(8-11)22-18(25)17-7-5-14(26-17)10-24-13(3)9-12(2)23-24/h4-9,19H,10H2,1-3H3,(H,22,25). The van der Waals surface area contributed by atoms with E-state index in [-0.39, 0.29) is 17.2 Å². The summed E-state index contributed by atoms with van der Waals surface area (Å²) < 4.78 is 36.9. The van der Waals surface area contributed by atoms with Gasteiger partial charge in [-0.25, -0.2) is 0 Å². The predicted octanol–water partition coefficient (Wildman–Crippen LogP) is 4.30. The molecule has 1 amide bonds. The summed E-state index contributed by atoms with van der Waals surface area (Å²) in [7, 11) is 0. The summed E-state index contributed by atoms with van der Waals surface area (Å²) in [5, 5.41) is 6.90. The molecule has 0 unspecified atom stereocenters. The molecule has 1 aromatic carbocycles. The van der Waals surface area contributed by atoms with Gasteiger partial charge in [-0.15, -0.1) is 0 Å². The number of amides is 1. The largest absolute Gasteiger partial charge is 0.454 e. The van der Waals surface area contributed by atoms with E-state index < -0.39 is 12.5 Å². The second kappa shape index (κ2) is 7.61. The monoisotopic (exact) mass is 375 g/mol. The highest BCUT2D eigenvalue weighted by molar-refractivity contribution is 6.03. The number of hydrogen-bond donors (Lipinski definition) is 1. The van der Waals surface area contributed by atoms with Gasteiger partial charge in [0.1, 0.15) is 11.5 Å². The third-order valence-corrected chi connectivity index (χ3v) is 3.89. The Morgan fingerprint density at radius 3 is 2.67 bits per heavy atom. The fraction of sp³-hybridized carbons (Fsp3) is 0.263. The number of hydrogen-bond acceptors (Lipinski definition) is 4. The number of halogens is 2. The summed E-state index contributed by atoms with van der Waals surface area (Å²) in [5.74, 6) is -0.0478. The van der Waals surface area contributed by atoms with Gasteiger partial charge in [0, 0.05) is 5.69 Å². The van der Waals surface area contributed by atoms with Gasteiger partial charge < -0.3 is 14.5 Å². The van der Waals surface area contributed by atoms with Crippen LogP contribution < -0.4 is 10.1 Å². The average molecular weight is 375 g/mol. The van der Waals surface area contributed by atoms with Crippen LogP contribution in [0.5, 0.6) is 5.75 Å². The fourth-order valence-corrected chi connectivity index (χ4v) is 2.69. The van der Waals surface area contributed by atoms with E-state index in [2.05, 4.69) is 15.2 Å². The smallest absolute Gasteiger partial charge is 0.387 e. The van der Waals surface area contributed by atoms with Crippen molar-refractivity contribution in [1.29, 1.82) is 0 Å². The minimum absolute atomic E-state index is 0.0658. The van der Waals surface area contributed by atoms with E-state index in [1.807, 2.05) is 19.9 Å². The third kappa shape index (κ3) is 4.52. The minimum atomic E-state index is -2.99. The highest BCUT2D eigenvalue weighted by atomic mass is 19.3. The van der Waals surface area contributed by atoms with E-state index in [0.29, 0.717) is 12.3 Å². The summed E-state index contributed by atoms with van der Waals surface area (Å²) in [6.45, 7) is 3.00. The molecule has 3 aromatic rings. The van der Waals surface area contributed by atoms with Crippen LogP contribution in [0.25, 0.3) is 0 Å². The lowest BCUT2D eigenvalue weighted by atomic mass is 10.2. The first-order valence-corrected chi connectivity index (χ1v) is 8.28. The molecule has 0 saturated heterocycles. The summed E-state index contributed by atoms with van der Waals surface area (Å²) in [5.41, 5.74) is 2.81. The zero-order chi connectivity index (χ0) is 19.6. The molecule has 2 heterocycles. The second-order valence-electron chi connectivity index (χ2n) is 6.18. The topological polar surface area (TPSA) is 69.3 Å². The molecular formula is C19H19F2N3O3. The SMILES string of the molecule is Cc1ccc(OC(F)F)c(NC(=O)c2ccc(Cn3nc(C)cc3C)o2)c1. The van der Waals surface area contributed by atoms with Gasteiger partial charge in [0.15, 0.2) is 5.76 Å². The molecule has 8 heteroatoms. The van der Waals surface area contributed by atoms with Crippen LogP contribution >= 0.6 is 0 Å². The lowest BCUT2D eigenvalue weighted by molar-refractivity contribution is -0.0493. The Kier molecular flexibility index (Phi) is 5.25. The number of alkyl halides is 2. The van der Waals surface area contributed by atoms with Crippen molar-refractivity contribution in [2.75, 3.05) is 5.32 Å². The molecule has 2 aromatic heterocycles. The maximum atomic E-state index is 12.5. The summed E-state index contributed by atoms with van der Waals surface area (Å²) >= 11 is 0. The van der Waals surface area contributed by atoms with Crippen LogP contribution in [-0.4, -0.2) is 22.3 Å². The van der Waals surface area contributed by atoms with Gasteiger partial charge in [-0.05, 0) is 56.7 Å². The molecule has 27 heavy (non-hydrogen) atoms. The Labute approximate surface area is 154 Å². The highest BCUT2D eigenvalue weighted by Crippen LogP contribution is 2.28. The van der Waals surface area contributed by atoms with E-state index in [9.17, 15) is 13.6 Å². The average Bonchev–Trinajstić information content (AvgIpc) is 3.17. The number of nitrogens with one attached hydrogen (secondary N) is 1. The first kappa shape index (κ1) is 18.6. The van der Waals surface area contributed by atoms with Gasteiger partial charge >= 0.3 is 6.61 Å². The van der Waals surface area contributed by atoms with Crippen LogP contribution in [-0.2, 0) is 6.54 Å². The van der Waals surface area contributed by atoms with Crippen LogP contribution in [0.2, 0.25) is 0 Å². The van der Waals surface area contributed by atoms with Gasteiger partial charge in [-0.3, -0.25) is 9.48 Å². The lowest BCUT2D eigenvalue weighted by Crippen LogP contribution is -2.13. The number of ether oxygens (including phenoxy) is 1. The van der Waals surface area contributed by atoms with E-state index >= 15 is 0 Å². The number of carbonyl (C=O) groups is 1. The molecule has 1 N–H and O–H groups in total. The maximum absolute atomic E-state index is 12.5. The molecule has 142 valence electrons. The first-order chi connectivity index (χ1) is 12.8. The second-order valence-corrected chi connectivity index (χ2v) is 6.18. The van der Waals surface area contributed by atoms with Gasteiger partial charge in [0.05, 0.1) is 17.9 Å². The molecule has 0 atom stereocenters. The summed E-state index contributed by atoms with van der Waals surface area (Å²) in [6.07, 6.45) is 0. The molecule has 3 rings (SSSR count). The fourth-order valence-electron chi connectivity index (χ4n) is 2.69. The van der Waals surface area contributed by atoms with Crippen LogP contribution in [0.3, 0.4) is 0 Å². The third-order valence-electron chi connectivity index (χ3n) is 3.89. The number of anilines is 1. The Hall–Kier alpha value is -3.16. The molecule has 0 aliphatic rings. The molecule has 6 nitrogen and oxygen atoms in total. The van der Waals surface area contributed by atoms with Crippen molar-refractivity contribution >= 4 is 11.6 Å². The number of rotatable bonds is 6. The van der Waals surface area contributed by atoms with Crippen molar-refractivity contribution in [3.63, 3.8) is 0 Å². The molecule has 0 radical (unpaired) electrons. The predicted molar refractivity (Wildman–Crippen MR) is 95.3 cm³/mol. The van der Waals surface area contributed by atoms with Crippen LogP contribution in [0.15, 0.2) is 40.8 Å². The van der Waals surface area contributed by atoms with Crippen molar-refractivity contribution in [1.82, 2.24) is 9.78 Å². The number of nitrogens with zero attached hydrogens (tertiary/aromatic N) is 2.